The summed E-state index contributed by atoms with van der Waals surface area (Å²) in [7, 11) is 2.18. The Balaban J connectivity index is 1.23. The third-order valence-corrected chi connectivity index (χ3v) is 11.6. The first-order chi connectivity index (χ1) is 21.0. The summed E-state index contributed by atoms with van der Waals surface area (Å²) in [5.41, 5.74) is 7.13. The van der Waals surface area contributed by atoms with Gasteiger partial charge in [-0.25, -0.2) is 9.97 Å². The van der Waals surface area contributed by atoms with Crippen LogP contribution in [0.4, 0.5) is 11.6 Å². The predicted molar refractivity (Wildman–Crippen MR) is 178 cm³/mol. The van der Waals surface area contributed by atoms with Gasteiger partial charge in [-0.3, -0.25) is 9.36 Å². The number of ether oxygens (including phenoxy) is 1. The predicted octanol–water partition coefficient (Wildman–Crippen LogP) is 5.64. The van der Waals surface area contributed by atoms with Crippen LogP contribution < -0.4 is 16.2 Å². The average molecular weight is 634 g/mol. The van der Waals surface area contributed by atoms with Crippen LogP contribution in [0, 0.1) is 0 Å². The molecule has 224 valence electrons. The lowest BCUT2D eigenvalue weighted by atomic mass is 9.97. The van der Waals surface area contributed by atoms with E-state index in [2.05, 4.69) is 58.8 Å². The zero-order valence-electron chi connectivity index (χ0n) is 24.3. The number of hydrogen-bond donors (Lipinski definition) is 2. The van der Waals surface area contributed by atoms with Gasteiger partial charge < -0.3 is 20.3 Å². The van der Waals surface area contributed by atoms with Gasteiger partial charge >= 0.3 is 0 Å². The summed E-state index contributed by atoms with van der Waals surface area (Å²) in [5.74, 6) is 2.77. The highest BCUT2D eigenvalue weighted by atomic mass is 32.2. The van der Waals surface area contributed by atoms with E-state index in [4.69, 9.17) is 14.7 Å². The van der Waals surface area contributed by atoms with Crippen LogP contribution in [-0.2, 0) is 11.3 Å². The van der Waals surface area contributed by atoms with E-state index in [9.17, 15) is 4.79 Å². The fourth-order valence-corrected chi connectivity index (χ4v) is 9.12. The van der Waals surface area contributed by atoms with Crippen molar-refractivity contribution >= 4 is 63.2 Å². The fraction of sp³-hybridized carbons (Fsp3) is 0.419. The molecule has 7 rings (SSSR count). The largest absolute Gasteiger partial charge is 0.381 e. The van der Waals surface area contributed by atoms with Gasteiger partial charge in [-0.05, 0) is 56.5 Å². The summed E-state index contributed by atoms with van der Waals surface area (Å²) in [6.45, 7) is 6.13. The number of nitrogens with one attached hydrogen (secondary N) is 2. The van der Waals surface area contributed by atoms with E-state index >= 15 is 0 Å². The number of rotatable bonds is 7. The molecular formula is C31H35N7O2S3. The maximum atomic E-state index is 14.2. The minimum atomic E-state index is -0.0771. The second-order valence-corrected chi connectivity index (χ2v) is 14.6. The van der Waals surface area contributed by atoms with Gasteiger partial charge in [0.25, 0.3) is 5.56 Å². The molecular weight excluding hydrogens is 599 g/mol. The highest BCUT2D eigenvalue weighted by molar-refractivity contribution is 8.03. The number of benzene rings is 1. The van der Waals surface area contributed by atoms with Crippen molar-refractivity contribution in [1.82, 2.24) is 29.7 Å². The smallest absolute Gasteiger partial charge is 0.261 e. The Morgan fingerprint density at radius 3 is 2.77 bits per heavy atom. The van der Waals surface area contributed by atoms with Gasteiger partial charge in [0, 0.05) is 64.4 Å². The molecule has 2 saturated heterocycles. The van der Waals surface area contributed by atoms with Crippen molar-refractivity contribution in [2.45, 2.75) is 37.5 Å². The number of hydrogen-bond acceptors (Lipinski definition) is 11. The van der Waals surface area contributed by atoms with Gasteiger partial charge in [0.1, 0.15) is 5.65 Å². The highest BCUT2D eigenvalue weighted by Gasteiger charge is 2.25. The molecule has 0 saturated carbocycles. The Morgan fingerprint density at radius 2 is 2.00 bits per heavy atom. The minimum Gasteiger partial charge on any atom is -0.381 e. The number of pyridine rings is 1. The first kappa shape index (κ1) is 28.8. The number of thiazole rings is 1. The van der Waals surface area contributed by atoms with Crippen LogP contribution in [-0.4, -0.2) is 69.4 Å². The van der Waals surface area contributed by atoms with Gasteiger partial charge in [0.2, 0.25) is 5.95 Å². The molecule has 4 aromatic rings. The number of allylic oxidation sites excluding steroid dienone is 1. The molecule has 1 atom stereocenters. The van der Waals surface area contributed by atoms with E-state index in [0.717, 1.165) is 78.1 Å². The molecule has 1 unspecified atom stereocenters. The van der Waals surface area contributed by atoms with E-state index in [1.165, 1.54) is 10.4 Å². The van der Waals surface area contributed by atoms with E-state index < -0.39 is 0 Å². The summed E-state index contributed by atoms with van der Waals surface area (Å²) in [6, 6.07) is 10.5. The summed E-state index contributed by atoms with van der Waals surface area (Å²) in [6.07, 6.45) is 3.76. The third-order valence-electron chi connectivity index (χ3n) is 8.37. The van der Waals surface area contributed by atoms with Crippen molar-refractivity contribution in [1.29, 1.82) is 0 Å². The van der Waals surface area contributed by atoms with Crippen molar-refractivity contribution in [3.63, 3.8) is 0 Å². The molecule has 9 nitrogen and oxygen atoms in total. The number of fused-ring (bicyclic) bond motifs is 1. The van der Waals surface area contributed by atoms with Crippen LogP contribution in [0.15, 0.2) is 51.7 Å². The first-order valence-electron chi connectivity index (χ1n) is 14.7. The molecule has 1 aromatic carbocycles. The van der Waals surface area contributed by atoms with Gasteiger partial charge in [-0.15, -0.1) is 23.1 Å². The topological polar surface area (TPSA) is 97.2 Å². The molecule has 0 radical (unpaired) electrons. The first-order valence-corrected chi connectivity index (χ1v) is 17.6. The molecule has 2 N–H and O–H groups in total. The van der Waals surface area contributed by atoms with Gasteiger partial charge in [-0.2, -0.15) is 16.7 Å². The Kier molecular flexibility index (Phi) is 8.46. The fourth-order valence-electron chi connectivity index (χ4n) is 5.97. The molecule has 2 fully saturated rings. The molecule has 0 aliphatic carbocycles. The van der Waals surface area contributed by atoms with Crippen LogP contribution in [0.3, 0.4) is 0 Å². The quantitative estimate of drug-likeness (QED) is 0.266. The molecule has 6 heterocycles. The molecule has 0 spiro atoms. The lowest BCUT2D eigenvalue weighted by Crippen LogP contribution is -2.30. The Labute approximate surface area is 263 Å². The van der Waals surface area contributed by atoms with Crippen LogP contribution >= 0.6 is 34.9 Å². The van der Waals surface area contributed by atoms with Gasteiger partial charge in [0.15, 0.2) is 0 Å². The Morgan fingerprint density at radius 1 is 1.16 bits per heavy atom. The molecule has 3 aliphatic heterocycles. The normalized spacial score (nSPS) is 20.1. The molecule has 3 aromatic heterocycles. The number of thioether (sulfide) groups is 2. The van der Waals surface area contributed by atoms with Gasteiger partial charge in [0.05, 0.1) is 34.9 Å². The molecule has 0 amide bonds. The molecule has 3 aliphatic rings. The van der Waals surface area contributed by atoms with Crippen LogP contribution in [0.5, 0.6) is 0 Å². The highest BCUT2D eigenvalue weighted by Crippen LogP contribution is 2.35. The third kappa shape index (κ3) is 6.08. The summed E-state index contributed by atoms with van der Waals surface area (Å²) >= 11 is 5.41. The molecule has 0 bridgehead atoms. The minimum absolute atomic E-state index is 0.0771. The number of nitrogens with zero attached hydrogens (tertiary/aromatic N) is 5. The monoisotopic (exact) mass is 633 g/mol. The zero-order valence-corrected chi connectivity index (χ0v) is 26.8. The Bertz CT molecular complexity index is 1710. The number of anilines is 2. The van der Waals surface area contributed by atoms with E-state index in [0.29, 0.717) is 34.9 Å². The summed E-state index contributed by atoms with van der Waals surface area (Å²) in [4.78, 5) is 33.2. The second-order valence-electron chi connectivity index (χ2n) is 11.2. The summed E-state index contributed by atoms with van der Waals surface area (Å²) < 4.78 is 7.39. The summed E-state index contributed by atoms with van der Waals surface area (Å²) in [5, 5.41) is 8.07. The van der Waals surface area contributed by atoms with E-state index in [-0.39, 0.29) is 5.56 Å². The maximum absolute atomic E-state index is 14.2. The molecule has 12 heteroatoms. The van der Waals surface area contributed by atoms with Gasteiger partial charge in [-0.1, -0.05) is 12.1 Å². The van der Waals surface area contributed by atoms with Crippen LogP contribution in [0.25, 0.3) is 16.7 Å². The zero-order chi connectivity index (χ0) is 29.3. The average Bonchev–Trinajstić information content (AvgIpc) is 3.68. The van der Waals surface area contributed by atoms with Crippen molar-refractivity contribution in [3.8, 4) is 0 Å². The van der Waals surface area contributed by atoms with Crippen LogP contribution in [0.1, 0.15) is 52.6 Å². The van der Waals surface area contributed by atoms with E-state index in [1.54, 1.807) is 27.7 Å². The lowest BCUT2D eigenvalue weighted by Gasteiger charge is -2.29. The number of likely N-dealkylation sites (N-methyl/N-ethyl adjacent to an activating group) is 1. The van der Waals surface area contributed by atoms with Crippen molar-refractivity contribution < 1.29 is 4.74 Å². The van der Waals surface area contributed by atoms with Crippen molar-refractivity contribution in [2.75, 3.05) is 50.3 Å². The maximum Gasteiger partial charge on any atom is 0.261 e. The van der Waals surface area contributed by atoms with Crippen molar-refractivity contribution in [2.24, 2.45) is 0 Å². The Hall–Kier alpha value is -2.90. The lowest BCUT2D eigenvalue weighted by molar-refractivity contribution is 0.0858. The van der Waals surface area contributed by atoms with Crippen LogP contribution in [0.2, 0.25) is 0 Å². The molecule has 43 heavy (non-hydrogen) atoms. The van der Waals surface area contributed by atoms with Crippen molar-refractivity contribution in [3.05, 3.63) is 79.0 Å². The number of aromatic nitrogens is 4. The second kappa shape index (κ2) is 12.6. The standard InChI is InChI=1S/C31H35N7O2S3/c1-19-27(34-18-42-19)24-13-22-14-32-31(35-23-5-3-20(4-6-23)26-16-37(2)9-12-41-26)36-29(22)38(30(24)39)15-25-28(43-17-33-25)21-7-10-40-11-8-21/h3-6,13-14,17,21,26,34H,7-12,15-16,18H2,1-2H3,(H,32,35,36). The van der Waals surface area contributed by atoms with E-state index in [1.807, 2.05) is 29.5 Å². The SMILES string of the molecule is CC1=C(c2cc3cnc(Nc4ccc(C5CN(C)CCS5)cc4)nc3n(Cc3ncsc3C3CCOCC3)c2=O)NCS1.